The van der Waals surface area contributed by atoms with Crippen molar-refractivity contribution in [2.24, 2.45) is 0 Å². The number of aromatic nitrogens is 1. The summed E-state index contributed by atoms with van der Waals surface area (Å²) in [5.74, 6) is -0.227. The van der Waals surface area contributed by atoms with Crippen molar-refractivity contribution in [1.82, 2.24) is 4.98 Å². The Morgan fingerprint density at radius 1 is 1.50 bits per heavy atom. The van der Waals surface area contributed by atoms with Crippen LogP contribution in [0.3, 0.4) is 0 Å². The summed E-state index contributed by atoms with van der Waals surface area (Å²) in [6.45, 7) is -1.65. The average Bonchev–Trinajstić information content (AvgIpc) is 2.70. The lowest BCUT2D eigenvalue weighted by Crippen LogP contribution is -2.27. The number of hydrogen-bond donors (Lipinski definition) is 1. The Kier molecular flexibility index (Phi) is 3.87. The lowest BCUT2D eigenvalue weighted by molar-refractivity contribution is -0.179. The zero-order chi connectivity index (χ0) is 13.2. The fourth-order valence-electron chi connectivity index (χ4n) is 2.23. The van der Waals surface area contributed by atoms with Gasteiger partial charge in [-0.3, -0.25) is 4.98 Å². The van der Waals surface area contributed by atoms with Crippen LogP contribution in [-0.4, -0.2) is 35.6 Å². The third kappa shape index (κ3) is 3.20. The van der Waals surface area contributed by atoms with Gasteiger partial charge < -0.3 is 9.84 Å². The monoisotopic (exact) mass is 261 g/mol. The molecule has 1 heterocycles. The molecule has 2 rings (SSSR count). The molecule has 0 radical (unpaired) electrons. The van der Waals surface area contributed by atoms with Crippen LogP contribution in [0.15, 0.2) is 18.3 Å². The van der Waals surface area contributed by atoms with Gasteiger partial charge >= 0.3 is 6.18 Å². The van der Waals surface area contributed by atoms with Crippen LogP contribution in [0.1, 0.15) is 23.6 Å². The second kappa shape index (κ2) is 5.24. The van der Waals surface area contributed by atoms with Gasteiger partial charge in [-0.15, -0.1) is 0 Å². The van der Waals surface area contributed by atoms with Crippen LogP contribution in [0.5, 0.6) is 0 Å². The summed E-state index contributed by atoms with van der Waals surface area (Å²) in [6.07, 6.45) is -2.18. The number of nitrogens with zero attached hydrogens (tertiary/aromatic N) is 1. The van der Waals surface area contributed by atoms with Crippen molar-refractivity contribution in [3.05, 3.63) is 29.6 Å². The topological polar surface area (TPSA) is 42.4 Å². The summed E-state index contributed by atoms with van der Waals surface area (Å²) in [7, 11) is 0. The maximum absolute atomic E-state index is 11.9. The second-order valence-electron chi connectivity index (χ2n) is 4.39. The molecular formula is C12H14F3NO2. The third-order valence-electron chi connectivity index (χ3n) is 3.02. The summed E-state index contributed by atoms with van der Waals surface area (Å²) < 4.78 is 40.2. The van der Waals surface area contributed by atoms with Crippen molar-refractivity contribution in [1.29, 1.82) is 0 Å². The Bertz CT molecular complexity index is 409. The largest absolute Gasteiger partial charge is 0.411 e. The molecule has 1 aromatic rings. The van der Waals surface area contributed by atoms with Gasteiger partial charge in [-0.05, 0) is 24.5 Å². The summed E-state index contributed by atoms with van der Waals surface area (Å²) in [5.41, 5.74) is 1.83. The molecular weight excluding hydrogens is 247 g/mol. The van der Waals surface area contributed by atoms with Crippen molar-refractivity contribution >= 4 is 0 Å². The van der Waals surface area contributed by atoms with E-state index in [-0.39, 0.29) is 12.5 Å². The van der Waals surface area contributed by atoms with Crippen molar-refractivity contribution in [2.45, 2.75) is 31.0 Å². The molecule has 1 aromatic heterocycles. The Labute approximate surface area is 103 Å². The molecule has 1 aliphatic rings. The lowest BCUT2D eigenvalue weighted by Gasteiger charge is -2.18. The number of aliphatic hydroxyl groups excluding tert-OH is 1. The van der Waals surface area contributed by atoms with Crippen LogP contribution < -0.4 is 0 Å². The molecule has 0 saturated heterocycles. The number of aryl methyl sites for hydroxylation is 1. The van der Waals surface area contributed by atoms with E-state index in [1.54, 1.807) is 6.20 Å². The molecule has 0 spiro atoms. The number of fused-ring (bicyclic) bond motifs is 1. The fourth-order valence-corrected chi connectivity index (χ4v) is 2.23. The van der Waals surface area contributed by atoms with E-state index in [1.807, 2.05) is 12.1 Å². The molecule has 0 fully saturated rings. The first-order chi connectivity index (χ1) is 8.47. The molecule has 0 saturated carbocycles. The van der Waals surface area contributed by atoms with Gasteiger partial charge in [0.25, 0.3) is 0 Å². The molecule has 6 heteroatoms. The maximum Gasteiger partial charge on any atom is 0.411 e. The maximum atomic E-state index is 11.9. The van der Waals surface area contributed by atoms with Gasteiger partial charge in [0, 0.05) is 17.8 Å². The van der Waals surface area contributed by atoms with Gasteiger partial charge in [-0.25, -0.2) is 0 Å². The molecule has 0 bridgehead atoms. The molecule has 3 nitrogen and oxygen atoms in total. The minimum absolute atomic E-state index is 0.227. The van der Waals surface area contributed by atoms with Crippen LogP contribution in [0.25, 0.3) is 0 Å². The van der Waals surface area contributed by atoms with Crippen LogP contribution in [0.2, 0.25) is 0 Å². The highest BCUT2D eigenvalue weighted by atomic mass is 19.4. The van der Waals surface area contributed by atoms with Crippen molar-refractivity contribution < 1.29 is 23.0 Å². The van der Waals surface area contributed by atoms with E-state index in [0.29, 0.717) is 6.42 Å². The zero-order valence-electron chi connectivity index (χ0n) is 9.65. The first-order valence-corrected chi connectivity index (χ1v) is 5.74. The minimum Gasteiger partial charge on any atom is -0.390 e. The Morgan fingerprint density at radius 2 is 2.28 bits per heavy atom. The average molecular weight is 261 g/mol. The van der Waals surface area contributed by atoms with E-state index in [9.17, 15) is 18.3 Å². The highest BCUT2D eigenvalue weighted by Gasteiger charge is 2.32. The smallest absolute Gasteiger partial charge is 0.390 e. The minimum atomic E-state index is -4.36. The van der Waals surface area contributed by atoms with E-state index in [0.717, 1.165) is 17.7 Å². The molecule has 2 unspecified atom stereocenters. The summed E-state index contributed by atoms with van der Waals surface area (Å²) >= 11 is 0. The molecule has 1 N–H and O–H groups in total. The number of alkyl halides is 3. The summed E-state index contributed by atoms with van der Waals surface area (Å²) in [4.78, 5) is 4.18. The SMILES string of the molecule is OC(COCC(F)(F)F)C1CCc2cccnc21. The van der Waals surface area contributed by atoms with E-state index >= 15 is 0 Å². The van der Waals surface area contributed by atoms with Gasteiger partial charge in [0.2, 0.25) is 0 Å². The lowest BCUT2D eigenvalue weighted by atomic mass is 10.0. The highest BCUT2D eigenvalue weighted by molar-refractivity contribution is 5.29. The Hall–Kier alpha value is -1.14. The van der Waals surface area contributed by atoms with Gasteiger partial charge in [0.15, 0.2) is 0 Å². The highest BCUT2D eigenvalue weighted by Crippen LogP contribution is 2.33. The van der Waals surface area contributed by atoms with Crippen molar-refractivity contribution in [3.8, 4) is 0 Å². The quantitative estimate of drug-likeness (QED) is 0.902. The first kappa shape index (κ1) is 13.3. The molecule has 1 aliphatic carbocycles. The third-order valence-corrected chi connectivity index (χ3v) is 3.02. The van der Waals surface area contributed by atoms with Gasteiger partial charge in [0.1, 0.15) is 6.61 Å². The normalized spacial score (nSPS) is 20.8. The molecule has 18 heavy (non-hydrogen) atoms. The Balaban J connectivity index is 1.89. The Morgan fingerprint density at radius 3 is 3.00 bits per heavy atom. The van der Waals surface area contributed by atoms with Crippen LogP contribution in [0.4, 0.5) is 13.2 Å². The van der Waals surface area contributed by atoms with E-state index in [4.69, 9.17) is 0 Å². The zero-order valence-corrected chi connectivity index (χ0v) is 9.65. The van der Waals surface area contributed by atoms with Crippen LogP contribution >= 0.6 is 0 Å². The molecule has 2 atom stereocenters. The van der Waals surface area contributed by atoms with Crippen molar-refractivity contribution in [2.75, 3.05) is 13.2 Å². The van der Waals surface area contributed by atoms with Crippen LogP contribution in [-0.2, 0) is 11.2 Å². The molecule has 0 aliphatic heterocycles. The fraction of sp³-hybridized carbons (Fsp3) is 0.583. The molecule has 0 amide bonds. The summed E-state index contributed by atoms with van der Waals surface area (Å²) in [5, 5.41) is 9.86. The van der Waals surface area contributed by atoms with E-state index < -0.39 is 18.9 Å². The first-order valence-electron chi connectivity index (χ1n) is 5.74. The molecule has 100 valence electrons. The van der Waals surface area contributed by atoms with Crippen LogP contribution in [0, 0.1) is 0 Å². The van der Waals surface area contributed by atoms with Crippen molar-refractivity contribution in [3.63, 3.8) is 0 Å². The predicted molar refractivity (Wildman–Crippen MR) is 58.2 cm³/mol. The summed E-state index contributed by atoms with van der Waals surface area (Å²) in [6, 6.07) is 3.74. The number of pyridine rings is 1. The molecule has 0 aromatic carbocycles. The second-order valence-corrected chi connectivity index (χ2v) is 4.39. The van der Waals surface area contributed by atoms with E-state index in [2.05, 4.69) is 9.72 Å². The number of hydrogen-bond acceptors (Lipinski definition) is 3. The van der Waals surface area contributed by atoms with Gasteiger partial charge in [0.05, 0.1) is 12.7 Å². The predicted octanol–water partition coefficient (Wildman–Crippen LogP) is 2.05. The number of ether oxygens (including phenoxy) is 1. The number of rotatable bonds is 4. The van der Waals surface area contributed by atoms with E-state index in [1.165, 1.54) is 0 Å². The number of halogens is 3. The van der Waals surface area contributed by atoms with Gasteiger partial charge in [-0.1, -0.05) is 6.07 Å². The number of aliphatic hydroxyl groups is 1. The standard InChI is InChI=1S/C12H14F3NO2/c13-12(14,15)7-18-6-10(17)9-4-3-8-2-1-5-16-11(8)9/h1-2,5,9-10,17H,3-4,6-7H2. The van der Waals surface area contributed by atoms with Gasteiger partial charge in [-0.2, -0.15) is 13.2 Å².